The summed E-state index contributed by atoms with van der Waals surface area (Å²) in [4.78, 5) is 23.0. The number of esters is 1. The van der Waals surface area contributed by atoms with E-state index in [0.717, 1.165) is 0 Å². The number of carbonyl (C=O) groups excluding carboxylic acids is 2. The van der Waals surface area contributed by atoms with Crippen LogP contribution in [0.4, 0.5) is 0 Å². The molecular weight excluding hydrogens is 302 g/mol. The maximum absolute atomic E-state index is 11.7. The van der Waals surface area contributed by atoms with Crippen LogP contribution in [0.3, 0.4) is 0 Å². The van der Waals surface area contributed by atoms with Crippen LogP contribution in [0, 0.1) is 20.8 Å². The van der Waals surface area contributed by atoms with E-state index < -0.39 is 29.7 Å². The van der Waals surface area contributed by atoms with Gasteiger partial charge in [-0.25, -0.2) is 0 Å². The van der Waals surface area contributed by atoms with Gasteiger partial charge < -0.3 is 25.4 Å². The highest BCUT2D eigenvalue weighted by molar-refractivity contribution is 5.85. The first-order valence-corrected chi connectivity index (χ1v) is 7.19. The van der Waals surface area contributed by atoms with Crippen molar-refractivity contribution >= 4 is 11.9 Å². The predicted molar refractivity (Wildman–Crippen MR) is 81.2 cm³/mol. The van der Waals surface area contributed by atoms with Crippen molar-refractivity contribution < 1.29 is 29.3 Å². The minimum Gasteiger partial charge on any atom is -0.474 e. The van der Waals surface area contributed by atoms with E-state index in [9.17, 15) is 19.8 Å². The van der Waals surface area contributed by atoms with Gasteiger partial charge in [-0.3, -0.25) is 9.59 Å². The third-order valence-electron chi connectivity index (χ3n) is 4.44. The van der Waals surface area contributed by atoms with Gasteiger partial charge in [0.25, 0.3) is 5.91 Å². The number of primary amides is 1. The monoisotopic (exact) mass is 323 g/mol. The van der Waals surface area contributed by atoms with Crippen molar-refractivity contribution in [1.29, 1.82) is 0 Å². The minimum atomic E-state index is -1.75. The fourth-order valence-electron chi connectivity index (χ4n) is 2.83. The van der Waals surface area contributed by atoms with Gasteiger partial charge in [-0.05, 0) is 38.8 Å². The molecule has 7 heteroatoms. The molecule has 0 fully saturated rings. The van der Waals surface area contributed by atoms with Gasteiger partial charge in [0.2, 0.25) is 5.60 Å². The molecule has 1 aromatic carbocycles. The normalized spacial score (nSPS) is 26.2. The first kappa shape index (κ1) is 17.2. The fraction of sp³-hybridized carbons (Fsp3) is 0.500. The lowest BCUT2D eigenvalue weighted by atomic mass is 9.82. The third kappa shape index (κ3) is 2.46. The van der Waals surface area contributed by atoms with Gasteiger partial charge >= 0.3 is 5.97 Å². The first-order chi connectivity index (χ1) is 10.5. The highest BCUT2D eigenvalue weighted by Crippen LogP contribution is 2.47. The molecule has 0 bridgehead atoms. The summed E-state index contributed by atoms with van der Waals surface area (Å²) in [5.41, 5.74) is 5.58. The molecule has 0 aliphatic carbocycles. The van der Waals surface area contributed by atoms with Crippen LogP contribution in [0.2, 0.25) is 0 Å². The van der Waals surface area contributed by atoms with Crippen molar-refractivity contribution in [2.75, 3.05) is 0 Å². The zero-order chi connectivity index (χ0) is 17.7. The van der Waals surface area contributed by atoms with Gasteiger partial charge in [0.15, 0.2) is 0 Å². The van der Waals surface area contributed by atoms with Crippen LogP contribution in [-0.2, 0) is 9.59 Å². The molecule has 1 amide bonds. The van der Waals surface area contributed by atoms with Crippen LogP contribution in [0.5, 0.6) is 11.5 Å². The molecule has 0 saturated heterocycles. The van der Waals surface area contributed by atoms with E-state index in [0.29, 0.717) is 22.4 Å². The number of aliphatic hydroxyl groups is 2. The second kappa shape index (κ2) is 5.50. The Bertz CT molecular complexity index is 699. The quantitative estimate of drug-likeness (QED) is 0.541. The van der Waals surface area contributed by atoms with Crippen LogP contribution in [-0.4, -0.2) is 33.8 Å². The number of hydrogen-bond acceptors (Lipinski definition) is 6. The summed E-state index contributed by atoms with van der Waals surface area (Å²) in [5.74, 6) is -0.793. The lowest BCUT2D eigenvalue weighted by molar-refractivity contribution is -0.157. The van der Waals surface area contributed by atoms with E-state index >= 15 is 0 Å². The summed E-state index contributed by atoms with van der Waals surface area (Å²) in [6, 6.07) is 0. The Kier molecular flexibility index (Phi) is 4.13. The molecule has 1 aromatic rings. The molecule has 2 rings (SSSR count). The van der Waals surface area contributed by atoms with E-state index in [1.165, 1.54) is 13.8 Å². The lowest BCUT2D eigenvalue weighted by Crippen LogP contribution is -2.59. The van der Waals surface area contributed by atoms with Crippen LogP contribution in [0.1, 0.15) is 42.2 Å². The van der Waals surface area contributed by atoms with Crippen LogP contribution >= 0.6 is 0 Å². The Morgan fingerprint density at radius 1 is 1.17 bits per heavy atom. The standard InChI is InChI=1S/C16H21NO6/c1-6-7(2)13-10(8(3)12(6)22-9(4)18)11(19)14(20)16(5,23-13)15(17)21/h11,14,19-20H,1-5H3,(H2,17,21)/t11-,14-,16?/m0/s1. The highest BCUT2D eigenvalue weighted by Gasteiger charge is 2.51. The van der Waals surface area contributed by atoms with Gasteiger partial charge in [0.05, 0.1) is 0 Å². The molecular formula is C16H21NO6. The average molecular weight is 323 g/mol. The molecule has 1 aliphatic heterocycles. The Balaban J connectivity index is 2.74. The molecule has 4 N–H and O–H groups in total. The molecule has 1 unspecified atom stereocenters. The van der Waals surface area contributed by atoms with Crippen molar-refractivity contribution in [3.8, 4) is 11.5 Å². The smallest absolute Gasteiger partial charge is 0.308 e. The summed E-state index contributed by atoms with van der Waals surface area (Å²) in [6.07, 6.45) is -2.94. The van der Waals surface area contributed by atoms with E-state index in [1.807, 2.05) is 0 Å². The van der Waals surface area contributed by atoms with Crippen molar-refractivity contribution in [2.24, 2.45) is 5.73 Å². The summed E-state index contributed by atoms with van der Waals surface area (Å²) in [5, 5.41) is 20.8. The minimum absolute atomic E-state index is 0.273. The number of ether oxygens (including phenoxy) is 2. The molecule has 3 atom stereocenters. The molecule has 0 radical (unpaired) electrons. The summed E-state index contributed by atoms with van der Waals surface area (Å²) in [6.45, 7) is 7.71. The molecule has 23 heavy (non-hydrogen) atoms. The van der Waals surface area contributed by atoms with E-state index in [1.54, 1.807) is 20.8 Å². The second-order valence-electron chi connectivity index (χ2n) is 6.00. The van der Waals surface area contributed by atoms with Gasteiger partial charge in [-0.2, -0.15) is 0 Å². The fourth-order valence-corrected chi connectivity index (χ4v) is 2.83. The van der Waals surface area contributed by atoms with Crippen LogP contribution in [0.25, 0.3) is 0 Å². The van der Waals surface area contributed by atoms with E-state index in [2.05, 4.69) is 0 Å². The Hall–Kier alpha value is -2.12. The Morgan fingerprint density at radius 2 is 1.74 bits per heavy atom. The predicted octanol–water partition coefficient (Wildman–Crippen LogP) is 0.568. The van der Waals surface area contributed by atoms with Crippen molar-refractivity contribution in [2.45, 2.75) is 52.4 Å². The number of fused-ring (bicyclic) bond motifs is 1. The first-order valence-electron chi connectivity index (χ1n) is 7.19. The molecule has 7 nitrogen and oxygen atoms in total. The largest absolute Gasteiger partial charge is 0.474 e. The number of aliphatic hydroxyl groups excluding tert-OH is 2. The van der Waals surface area contributed by atoms with E-state index in [-0.39, 0.29) is 11.3 Å². The molecule has 1 aliphatic rings. The van der Waals surface area contributed by atoms with Crippen LogP contribution in [0.15, 0.2) is 0 Å². The highest BCUT2D eigenvalue weighted by atomic mass is 16.5. The van der Waals surface area contributed by atoms with Gasteiger partial charge in [-0.1, -0.05) is 0 Å². The average Bonchev–Trinajstić information content (AvgIpc) is 2.46. The zero-order valence-electron chi connectivity index (χ0n) is 13.8. The van der Waals surface area contributed by atoms with E-state index in [4.69, 9.17) is 15.2 Å². The van der Waals surface area contributed by atoms with Crippen LogP contribution < -0.4 is 15.2 Å². The molecule has 126 valence electrons. The molecule has 1 heterocycles. The number of amides is 1. The summed E-state index contributed by atoms with van der Waals surface area (Å²) < 4.78 is 10.9. The number of carbonyl (C=O) groups is 2. The number of hydrogen-bond donors (Lipinski definition) is 3. The molecule has 0 aromatic heterocycles. The molecule has 0 saturated carbocycles. The lowest BCUT2D eigenvalue weighted by Gasteiger charge is -2.41. The van der Waals surface area contributed by atoms with Gasteiger partial charge in [-0.15, -0.1) is 0 Å². The maximum atomic E-state index is 11.7. The third-order valence-corrected chi connectivity index (χ3v) is 4.44. The maximum Gasteiger partial charge on any atom is 0.308 e. The SMILES string of the molecule is CC(=O)Oc1c(C)c(C)c2c(c1C)[C@H](O)[C@H](O)C(C)(C(N)=O)O2. The molecule has 0 spiro atoms. The zero-order valence-corrected chi connectivity index (χ0v) is 13.8. The number of benzene rings is 1. The number of nitrogens with two attached hydrogens (primary N) is 1. The summed E-state index contributed by atoms with van der Waals surface area (Å²) >= 11 is 0. The van der Waals surface area contributed by atoms with Crippen molar-refractivity contribution in [3.63, 3.8) is 0 Å². The van der Waals surface area contributed by atoms with Gasteiger partial charge in [0, 0.05) is 18.1 Å². The Morgan fingerprint density at radius 3 is 2.22 bits per heavy atom. The second-order valence-corrected chi connectivity index (χ2v) is 6.00. The Labute approximate surface area is 134 Å². The summed E-state index contributed by atoms with van der Waals surface area (Å²) in [7, 11) is 0. The van der Waals surface area contributed by atoms with Gasteiger partial charge in [0.1, 0.15) is 23.7 Å². The number of rotatable bonds is 2. The topological polar surface area (TPSA) is 119 Å². The van der Waals surface area contributed by atoms with Crippen molar-refractivity contribution in [1.82, 2.24) is 0 Å². The van der Waals surface area contributed by atoms with Crippen molar-refractivity contribution in [3.05, 3.63) is 22.3 Å².